The second-order valence-electron chi connectivity index (χ2n) is 11.7. The van der Waals surface area contributed by atoms with Crippen molar-refractivity contribution < 1.29 is 30.9 Å². The van der Waals surface area contributed by atoms with Crippen LogP contribution in [0.1, 0.15) is 38.5 Å². The summed E-state index contributed by atoms with van der Waals surface area (Å²) in [5.41, 5.74) is -0.319. The molecule has 0 heterocycles. The van der Waals surface area contributed by atoms with Crippen molar-refractivity contribution in [2.75, 3.05) is 6.61 Å². The van der Waals surface area contributed by atoms with Crippen molar-refractivity contribution in [2.24, 2.45) is 23.2 Å². The topological polar surface area (TPSA) is 69.7 Å². The fraction of sp³-hybridized carbons (Fsp3) is 0.387. The molecule has 4 bridgehead atoms. The largest absolute Gasteiger partial charge is 0.476 e. The summed E-state index contributed by atoms with van der Waals surface area (Å²) in [7, 11) is -7.53. The summed E-state index contributed by atoms with van der Waals surface area (Å²) >= 11 is 0. The summed E-state index contributed by atoms with van der Waals surface area (Å²) in [6.45, 7) is -0.174. The van der Waals surface area contributed by atoms with E-state index in [4.69, 9.17) is 8.92 Å². The molecule has 3 aromatic carbocycles. The Kier molecular flexibility index (Phi) is 7.07. The Morgan fingerprint density at radius 2 is 1.27 bits per heavy atom. The lowest BCUT2D eigenvalue weighted by Crippen LogP contribution is -2.53. The molecule has 0 amide bonds. The van der Waals surface area contributed by atoms with Gasteiger partial charge < -0.3 is 8.92 Å². The summed E-state index contributed by atoms with van der Waals surface area (Å²) < 4.78 is 66.6. The van der Waals surface area contributed by atoms with E-state index in [0.717, 1.165) is 48.9 Å². The van der Waals surface area contributed by atoms with E-state index in [1.54, 1.807) is 12.1 Å². The van der Waals surface area contributed by atoms with Crippen LogP contribution in [0.5, 0.6) is 5.75 Å². The van der Waals surface area contributed by atoms with E-state index in [9.17, 15) is 13.2 Å². The molecule has 0 aliphatic heterocycles. The quantitative estimate of drug-likeness (QED) is 0.164. The Bertz CT molecular complexity index is 1410. The third-order valence-corrected chi connectivity index (χ3v) is 12.7. The van der Waals surface area contributed by atoms with Crippen molar-refractivity contribution in [2.45, 2.75) is 43.8 Å². The van der Waals surface area contributed by atoms with Gasteiger partial charge in [0.05, 0.1) is 6.61 Å². The summed E-state index contributed by atoms with van der Waals surface area (Å²) in [5.74, 6) is -0.673. The van der Waals surface area contributed by atoms with Crippen molar-refractivity contribution in [3.05, 3.63) is 84.9 Å². The third kappa shape index (κ3) is 5.09. The van der Waals surface area contributed by atoms with Gasteiger partial charge in [0.25, 0.3) is 0 Å². The molecule has 4 fully saturated rings. The van der Waals surface area contributed by atoms with Gasteiger partial charge >= 0.3 is 21.3 Å². The summed E-state index contributed by atoms with van der Waals surface area (Å²) in [4.78, 5) is 12.6. The first-order valence-corrected chi connectivity index (χ1v) is 16.6. The molecule has 0 spiro atoms. The predicted octanol–water partition coefficient (Wildman–Crippen LogP) is 4.26. The Morgan fingerprint density at radius 1 is 0.800 bits per heavy atom. The number of carbonyl (C=O) groups is 1. The van der Waals surface area contributed by atoms with Gasteiger partial charge in [0, 0.05) is 5.41 Å². The number of carbonyl (C=O) groups excluding carboxylic acids is 1. The molecule has 9 heteroatoms. The van der Waals surface area contributed by atoms with Crippen LogP contribution in [0.2, 0.25) is 0 Å². The molecule has 3 aromatic rings. The highest BCUT2D eigenvalue weighted by molar-refractivity contribution is 7.89. The fourth-order valence-electron chi connectivity index (χ4n) is 7.48. The van der Waals surface area contributed by atoms with Crippen LogP contribution in [0.15, 0.2) is 84.9 Å². The fourth-order valence-corrected chi connectivity index (χ4v) is 10.9. The van der Waals surface area contributed by atoms with Crippen LogP contribution in [0.3, 0.4) is 0 Å². The van der Waals surface area contributed by atoms with Gasteiger partial charge in [-0.05, 0) is 67.5 Å². The van der Waals surface area contributed by atoms with Gasteiger partial charge in [0.2, 0.25) is 0 Å². The van der Waals surface area contributed by atoms with E-state index in [1.165, 1.54) is 12.1 Å². The maximum absolute atomic E-state index is 15.2. The number of esters is 1. The van der Waals surface area contributed by atoms with Crippen molar-refractivity contribution >= 4 is 40.4 Å². The van der Waals surface area contributed by atoms with Crippen LogP contribution in [0.4, 0.5) is 8.78 Å². The Labute approximate surface area is 235 Å². The molecule has 0 aromatic heterocycles. The van der Waals surface area contributed by atoms with Crippen molar-refractivity contribution in [1.29, 1.82) is 0 Å². The Hall–Kier alpha value is -3.04. The smallest absolute Gasteiger partial charge is 0.460 e. The van der Waals surface area contributed by atoms with E-state index in [0.29, 0.717) is 22.9 Å². The minimum atomic E-state index is -5.70. The van der Waals surface area contributed by atoms with Gasteiger partial charge in [-0.15, -0.1) is 0 Å². The molecule has 1 radical (unpaired) electrons. The Morgan fingerprint density at radius 3 is 1.80 bits per heavy atom. The first-order valence-electron chi connectivity index (χ1n) is 13.7. The molecule has 4 saturated carbocycles. The van der Waals surface area contributed by atoms with Gasteiger partial charge in [-0.1, -0.05) is 89.2 Å². The molecular weight excluding hydrogens is 550 g/mol. The number of ether oxygens (including phenoxy) is 1. The molecule has 0 saturated heterocycles. The lowest BCUT2D eigenvalue weighted by atomic mass is 9.50. The maximum Gasteiger partial charge on any atom is 0.476 e. The van der Waals surface area contributed by atoms with Gasteiger partial charge in [-0.2, -0.15) is 17.2 Å². The normalized spacial score (nSPS) is 25.6. The van der Waals surface area contributed by atoms with Crippen LogP contribution in [0.25, 0.3) is 0 Å². The third-order valence-electron chi connectivity index (χ3n) is 8.71. The van der Waals surface area contributed by atoms with Crippen LogP contribution >= 0.6 is 0 Å². The van der Waals surface area contributed by atoms with Crippen LogP contribution in [-0.4, -0.2) is 35.0 Å². The second-order valence-corrected chi connectivity index (χ2v) is 15.7. The highest BCUT2D eigenvalue weighted by Gasteiger charge is 2.58. The van der Waals surface area contributed by atoms with Gasteiger partial charge in [-0.3, -0.25) is 0 Å². The van der Waals surface area contributed by atoms with E-state index >= 15 is 8.78 Å². The molecular formula is C31H31F2O5SSi. The average molecular weight is 582 g/mol. The number of hydrogen-bond acceptors (Lipinski definition) is 5. The standard InChI is InChI=1S/C31H31F2O5SSi/c32-31(33,29(34)37-21-30-18-22-15-23(19-30)17-24(16-22)20-30)39(35,36)38-27-13-7-8-14-28(27)40(25-9-3-1-4-10-25)26-11-5-2-6-12-26/h1-14,22-24H,15-21H2. The van der Waals surface area contributed by atoms with Crippen LogP contribution in [0, 0.1) is 23.2 Å². The second kappa shape index (κ2) is 10.4. The first kappa shape index (κ1) is 27.1. The summed E-state index contributed by atoms with van der Waals surface area (Å²) in [6.07, 6.45) is 6.00. The molecule has 0 N–H and O–H groups in total. The van der Waals surface area contributed by atoms with Gasteiger partial charge in [0.15, 0.2) is 8.80 Å². The number of alkyl halides is 2. The summed E-state index contributed by atoms with van der Waals surface area (Å²) in [5, 5.41) is -2.52. The van der Waals surface area contributed by atoms with Crippen molar-refractivity contribution in [1.82, 2.24) is 0 Å². The van der Waals surface area contributed by atoms with E-state index in [-0.39, 0.29) is 17.8 Å². The van der Waals surface area contributed by atoms with E-state index < -0.39 is 30.1 Å². The van der Waals surface area contributed by atoms with Crippen LogP contribution in [-0.2, 0) is 19.6 Å². The molecule has 5 nitrogen and oxygen atoms in total. The minimum Gasteiger partial charge on any atom is -0.460 e. The molecule has 0 unspecified atom stereocenters. The van der Waals surface area contributed by atoms with Crippen molar-refractivity contribution in [3.63, 3.8) is 0 Å². The van der Waals surface area contributed by atoms with Gasteiger partial charge in [0.1, 0.15) is 5.75 Å². The zero-order valence-electron chi connectivity index (χ0n) is 22.0. The summed E-state index contributed by atoms with van der Waals surface area (Å²) in [6, 6.07) is 25.2. The molecule has 4 aliphatic rings. The number of halogens is 2. The minimum absolute atomic E-state index is 0.174. The molecule has 7 rings (SSSR count). The van der Waals surface area contributed by atoms with Crippen molar-refractivity contribution in [3.8, 4) is 5.75 Å². The number of hydrogen-bond donors (Lipinski definition) is 0. The SMILES string of the molecule is O=C(OCC12CC3CC(CC(C3)C1)C2)C(F)(F)S(=O)(=O)Oc1ccccc1[Si](c1ccccc1)c1ccccc1. The predicted molar refractivity (Wildman–Crippen MR) is 150 cm³/mol. The zero-order chi connectivity index (χ0) is 28.0. The monoisotopic (exact) mass is 581 g/mol. The lowest BCUT2D eigenvalue weighted by Gasteiger charge is -2.56. The first-order chi connectivity index (χ1) is 19.2. The average Bonchev–Trinajstić information content (AvgIpc) is 2.93. The molecule has 0 atom stereocenters. The van der Waals surface area contributed by atoms with Gasteiger partial charge in [-0.25, -0.2) is 4.79 Å². The number of para-hydroxylation sites is 1. The molecule has 209 valence electrons. The number of benzene rings is 3. The highest BCUT2D eigenvalue weighted by Crippen LogP contribution is 2.60. The lowest BCUT2D eigenvalue weighted by molar-refractivity contribution is -0.171. The van der Waals surface area contributed by atoms with E-state index in [1.807, 2.05) is 60.7 Å². The maximum atomic E-state index is 15.2. The Balaban J connectivity index is 1.24. The molecule has 40 heavy (non-hydrogen) atoms. The number of rotatable bonds is 9. The zero-order valence-corrected chi connectivity index (χ0v) is 23.8. The highest BCUT2D eigenvalue weighted by atomic mass is 32.2. The van der Waals surface area contributed by atoms with E-state index in [2.05, 4.69) is 0 Å². The molecule has 4 aliphatic carbocycles. The van der Waals surface area contributed by atoms with Crippen LogP contribution < -0.4 is 19.7 Å².